The van der Waals surface area contributed by atoms with Crippen LogP contribution in [0, 0.1) is 6.92 Å². The number of benzene rings is 1. The first kappa shape index (κ1) is 15.0. The van der Waals surface area contributed by atoms with Gasteiger partial charge in [0.1, 0.15) is 5.71 Å². The molecule has 3 rings (SSSR count). The minimum Gasteiger partial charge on any atom is -0.477 e. The predicted octanol–water partition coefficient (Wildman–Crippen LogP) is 0.406. The van der Waals surface area contributed by atoms with E-state index in [9.17, 15) is 14.4 Å². The first-order chi connectivity index (χ1) is 11.0. The molecule has 0 unspecified atom stereocenters. The Labute approximate surface area is 131 Å². The molecular formula is C16H15N3O4. The van der Waals surface area contributed by atoms with E-state index in [-0.39, 0.29) is 30.9 Å². The van der Waals surface area contributed by atoms with Gasteiger partial charge >= 0.3 is 11.7 Å². The highest BCUT2D eigenvalue weighted by molar-refractivity contribution is 6.35. The maximum atomic E-state index is 12.6. The number of hydrogen-bond donors (Lipinski definition) is 1. The molecule has 0 saturated carbocycles. The molecule has 1 aliphatic heterocycles. The van der Waals surface area contributed by atoms with Gasteiger partial charge in [0.05, 0.1) is 25.3 Å². The van der Waals surface area contributed by atoms with Crippen molar-refractivity contribution in [2.75, 3.05) is 0 Å². The molecule has 0 aliphatic carbocycles. The zero-order chi connectivity index (χ0) is 16.6. The van der Waals surface area contributed by atoms with E-state index in [4.69, 9.17) is 5.11 Å². The molecule has 118 valence electrons. The predicted molar refractivity (Wildman–Crippen MR) is 84.0 cm³/mol. The summed E-state index contributed by atoms with van der Waals surface area (Å²) < 4.78 is 2.47. The molecule has 1 aromatic carbocycles. The molecule has 1 aliphatic rings. The molecule has 0 saturated heterocycles. The van der Waals surface area contributed by atoms with E-state index in [1.54, 1.807) is 6.92 Å². The third kappa shape index (κ3) is 2.61. The van der Waals surface area contributed by atoms with Crippen molar-refractivity contribution in [1.29, 1.82) is 0 Å². The molecule has 0 atom stereocenters. The summed E-state index contributed by atoms with van der Waals surface area (Å²) in [5.41, 5.74) is 0.786. The van der Waals surface area contributed by atoms with Gasteiger partial charge < -0.3 is 5.11 Å². The van der Waals surface area contributed by atoms with E-state index in [0.29, 0.717) is 11.3 Å². The number of carboxylic acid groups (broad SMARTS) is 1. The normalized spacial score (nSPS) is 13.3. The monoisotopic (exact) mass is 313 g/mol. The van der Waals surface area contributed by atoms with Crippen molar-refractivity contribution < 1.29 is 9.90 Å². The average molecular weight is 313 g/mol. The lowest BCUT2D eigenvalue weighted by atomic mass is 10.1. The number of rotatable bonds is 3. The lowest BCUT2D eigenvalue weighted by molar-refractivity contribution is -0.129. The van der Waals surface area contributed by atoms with Gasteiger partial charge in [0.15, 0.2) is 0 Å². The van der Waals surface area contributed by atoms with E-state index in [0.717, 1.165) is 10.1 Å². The fourth-order valence-corrected chi connectivity index (χ4v) is 2.65. The summed E-state index contributed by atoms with van der Waals surface area (Å²) in [6.45, 7) is 1.69. The Kier molecular flexibility index (Phi) is 3.69. The van der Waals surface area contributed by atoms with Crippen molar-refractivity contribution in [2.45, 2.75) is 26.6 Å². The third-order valence-corrected chi connectivity index (χ3v) is 3.94. The van der Waals surface area contributed by atoms with Gasteiger partial charge in [-0.3, -0.25) is 18.9 Å². The minimum atomic E-state index is -1.15. The van der Waals surface area contributed by atoms with Crippen LogP contribution in [-0.4, -0.2) is 25.9 Å². The molecule has 0 amide bonds. The molecule has 23 heavy (non-hydrogen) atoms. The van der Waals surface area contributed by atoms with Crippen molar-refractivity contribution in [3.63, 3.8) is 0 Å². The summed E-state index contributed by atoms with van der Waals surface area (Å²) in [5, 5.41) is 9.07. The molecule has 7 heteroatoms. The zero-order valence-corrected chi connectivity index (χ0v) is 12.5. The summed E-state index contributed by atoms with van der Waals surface area (Å²) >= 11 is 0. The second-order valence-corrected chi connectivity index (χ2v) is 5.39. The number of aliphatic carboxylic acids is 1. The van der Waals surface area contributed by atoms with Gasteiger partial charge in [-0.15, -0.1) is 0 Å². The molecule has 7 nitrogen and oxygen atoms in total. The van der Waals surface area contributed by atoms with E-state index < -0.39 is 11.7 Å². The Morgan fingerprint density at radius 3 is 2.61 bits per heavy atom. The van der Waals surface area contributed by atoms with Crippen molar-refractivity contribution in [2.24, 2.45) is 4.99 Å². The second-order valence-electron chi connectivity index (χ2n) is 5.39. The average Bonchev–Trinajstić information content (AvgIpc) is 2.57. The Hall–Kier alpha value is -2.96. The first-order valence-electron chi connectivity index (χ1n) is 7.12. The van der Waals surface area contributed by atoms with Crippen molar-refractivity contribution in [3.8, 4) is 0 Å². The van der Waals surface area contributed by atoms with Gasteiger partial charge in [-0.2, -0.15) is 0 Å². The van der Waals surface area contributed by atoms with Crippen LogP contribution in [0.4, 0.5) is 0 Å². The third-order valence-electron chi connectivity index (χ3n) is 3.94. The van der Waals surface area contributed by atoms with Crippen molar-refractivity contribution in [1.82, 2.24) is 9.13 Å². The number of carbonyl (C=O) groups is 1. The Morgan fingerprint density at radius 1 is 1.26 bits per heavy atom. The molecule has 2 heterocycles. The fraction of sp³-hybridized carbons (Fsp3) is 0.250. The van der Waals surface area contributed by atoms with E-state index in [1.807, 2.05) is 30.3 Å². The summed E-state index contributed by atoms with van der Waals surface area (Å²) in [4.78, 5) is 40.1. The van der Waals surface area contributed by atoms with Gasteiger partial charge in [-0.1, -0.05) is 30.3 Å². The highest BCUT2D eigenvalue weighted by Gasteiger charge is 2.23. The maximum absolute atomic E-state index is 12.6. The van der Waals surface area contributed by atoms with Crippen LogP contribution >= 0.6 is 0 Å². The number of nitrogens with zero attached hydrogens (tertiary/aromatic N) is 3. The van der Waals surface area contributed by atoms with Crippen LogP contribution in [0.5, 0.6) is 0 Å². The standard InChI is InChI=1S/C16H15N3O4/c1-10-13-7-17-12(15(21)22)9-18(13)16(23)19(14(10)20)8-11-5-3-2-4-6-11/h2-6H,7-9H2,1H3,(H,21,22). The zero-order valence-electron chi connectivity index (χ0n) is 12.5. The van der Waals surface area contributed by atoms with E-state index in [1.165, 1.54) is 4.57 Å². The van der Waals surface area contributed by atoms with Gasteiger partial charge in [0.2, 0.25) is 0 Å². The van der Waals surface area contributed by atoms with Crippen LogP contribution in [0.1, 0.15) is 16.8 Å². The summed E-state index contributed by atoms with van der Waals surface area (Å²) in [6, 6.07) is 9.18. The van der Waals surface area contributed by atoms with E-state index in [2.05, 4.69) is 4.99 Å². The smallest absolute Gasteiger partial charge is 0.351 e. The molecular weight excluding hydrogens is 298 g/mol. The Balaban J connectivity index is 2.12. The van der Waals surface area contributed by atoms with Crippen LogP contribution in [0.25, 0.3) is 0 Å². The summed E-state index contributed by atoms with van der Waals surface area (Å²) in [7, 11) is 0. The number of aromatic nitrogens is 2. The van der Waals surface area contributed by atoms with Crippen LogP contribution in [-0.2, 0) is 24.4 Å². The molecule has 0 bridgehead atoms. The topological polar surface area (TPSA) is 93.7 Å². The number of carboxylic acids is 1. The summed E-state index contributed by atoms with van der Waals surface area (Å²) in [6.07, 6.45) is 0. The molecule has 0 radical (unpaired) electrons. The molecule has 2 aromatic rings. The van der Waals surface area contributed by atoms with Gasteiger partial charge in [-0.25, -0.2) is 9.59 Å². The largest absolute Gasteiger partial charge is 0.477 e. The molecule has 1 aromatic heterocycles. The Morgan fingerprint density at radius 2 is 1.96 bits per heavy atom. The first-order valence-corrected chi connectivity index (χ1v) is 7.12. The minimum absolute atomic E-state index is 0.0319. The van der Waals surface area contributed by atoms with Gasteiger partial charge in [0, 0.05) is 5.56 Å². The van der Waals surface area contributed by atoms with E-state index >= 15 is 0 Å². The quantitative estimate of drug-likeness (QED) is 0.888. The Bertz CT molecular complexity index is 923. The maximum Gasteiger partial charge on any atom is 0.351 e. The van der Waals surface area contributed by atoms with Crippen LogP contribution in [0.15, 0.2) is 44.9 Å². The van der Waals surface area contributed by atoms with Crippen LogP contribution in [0.2, 0.25) is 0 Å². The second kappa shape index (κ2) is 5.68. The SMILES string of the molecule is Cc1c2n(c(=O)n(Cc3ccccc3)c1=O)CC(C(=O)O)=NC2. The number of hydrogen-bond acceptors (Lipinski definition) is 4. The highest BCUT2D eigenvalue weighted by Crippen LogP contribution is 2.10. The number of aliphatic imine (C=N–C) groups is 1. The summed E-state index contributed by atoms with van der Waals surface area (Å²) in [5.74, 6) is -1.15. The van der Waals surface area contributed by atoms with Crippen molar-refractivity contribution in [3.05, 3.63) is 68.0 Å². The fourth-order valence-electron chi connectivity index (χ4n) is 2.65. The van der Waals surface area contributed by atoms with Crippen LogP contribution in [0.3, 0.4) is 0 Å². The lowest BCUT2D eigenvalue weighted by Gasteiger charge is -2.20. The molecule has 1 N–H and O–H groups in total. The molecule has 0 spiro atoms. The lowest BCUT2D eigenvalue weighted by Crippen LogP contribution is -2.46. The van der Waals surface area contributed by atoms with Gasteiger partial charge in [-0.05, 0) is 12.5 Å². The van der Waals surface area contributed by atoms with Gasteiger partial charge in [0.25, 0.3) is 5.56 Å². The molecule has 0 fully saturated rings. The highest BCUT2D eigenvalue weighted by atomic mass is 16.4. The van der Waals surface area contributed by atoms with Crippen LogP contribution < -0.4 is 11.2 Å². The van der Waals surface area contributed by atoms with Crippen molar-refractivity contribution >= 4 is 11.7 Å². The number of fused-ring (bicyclic) bond motifs is 1.